The number of aromatic nitrogens is 6. The Hall–Kier alpha value is -6.06. The molecule has 0 fully saturated rings. The van der Waals surface area contributed by atoms with Crippen LogP contribution in [0.15, 0.2) is 140 Å². The molecule has 0 bridgehead atoms. The van der Waals surface area contributed by atoms with Gasteiger partial charge >= 0.3 is 6.16 Å². The third-order valence-corrected chi connectivity index (χ3v) is 9.63. The number of imidazole rings is 1. The van der Waals surface area contributed by atoms with E-state index in [0.29, 0.717) is 18.1 Å². The second kappa shape index (κ2) is 15.4. The summed E-state index contributed by atoms with van der Waals surface area (Å²) in [6, 6.07) is 47.5. The van der Waals surface area contributed by atoms with E-state index in [0.717, 1.165) is 64.0 Å². The fourth-order valence-corrected chi connectivity index (χ4v) is 7.13. The lowest BCUT2D eigenvalue weighted by atomic mass is 9.77. The first kappa shape index (κ1) is 34.4. The van der Waals surface area contributed by atoms with Crippen LogP contribution in [0.5, 0.6) is 0 Å². The summed E-state index contributed by atoms with van der Waals surface area (Å²) in [5.74, 6) is 1.42. The second-order valence-corrected chi connectivity index (χ2v) is 12.8. The lowest BCUT2D eigenvalue weighted by Gasteiger charge is -2.36. The minimum absolute atomic E-state index is 0.177. The minimum atomic E-state index is -1.36. The van der Waals surface area contributed by atoms with Crippen molar-refractivity contribution in [1.82, 2.24) is 29.8 Å². The van der Waals surface area contributed by atoms with Crippen LogP contribution in [0.3, 0.4) is 0 Å². The molecule has 7 rings (SSSR count). The van der Waals surface area contributed by atoms with E-state index in [2.05, 4.69) is 95.0 Å². The molecule has 7 aromatic rings. The second-order valence-electron chi connectivity index (χ2n) is 12.5. The molecular formula is C42H37ClN6O3. The quantitative estimate of drug-likeness (QED) is 0.0940. The predicted octanol–water partition coefficient (Wildman–Crippen LogP) is 9.28. The molecule has 52 heavy (non-hydrogen) atoms. The molecule has 0 aliphatic heterocycles. The van der Waals surface area contributed by atoms with Gasteiger partial charge in [-0.05, 0) is 50.2 Å². The molecule has 2 heterocycles. The van der Waals surface area contributed by atoms with E-state index >= 15 is 0 Å². The average molecular weight is 709 g/mol. The van der Waals surface area contributed by atoms with Crippen LogP contribution in [0.25, 0.3) is 22.5 Å². The van der Waals surface area contributed by atoms with Crippen molar-refractivity contribution in [2.45, 2.75) is 44.9 Å². The number of nitrogens with zero attached hydrogens (tertiary/aromatic N) is 6. The maximum Gasteiger partial charge on any atom is 0.506 e. The number of rotatable bonds is 13. The Morgan fingerprint density at radius 2 is 1.33 bits per heavy atom. The van der Waals surface area contributed by atoms with Crippen molar-refractivity contribution in [1.29, 1.82) is 0 Å². The van der Waals surface area contributed by atoms with E-state index in [1.165, 1.54) is 0 Å². The summed E-state index contributed by atoms with van der Waals surface area (Å²) in [6.45, 7) is 2.40. The summed E-state index contributed by atoms with van der Waals surface area (Å²) < 4.78 is 8.81. The fraction of sp³-hybridized carbons (Fsp3) is 0.167. The molecular weight excluding hydrogens is 672 g/mol. The maximum atomic E-state index is 11.2. The third kappa shape index (κ3) is 6.70. The molecule has 0 saturated carbocycles. The number of unbranched alkanes of at least 4 members (excludes halogenated alkanes) is 1. The smallest absolute Gasteiger partial charge is 0.450 e. The Labute approximate surface area is 307 Å². The monoisotopic (exact) mass is 708 g/mol. The molecule has 9 nitrogen and oxygen atoms in total. The summed E-state index contributed by atoms with van der Waals surface area (Å²) in [6.07, 6.45) is 1.29. The highest BCUT2D eigenvalue weighted by Crippen LogP contribution is 2.43. The topological polar surface area (TPSA) is 108 Å². The summed E-state index contributed by atoms with van der Waals surface area (Å²) in [7, 11) is 0. The van der Waals surface area contributed by atoms with Gasteiger partial charge in [0.15, 0.2) is 11.0 Å². The van der Waals surface area contributed by atoms with Crippen LogP contribution in [-0.4, -0.2) is 41.0 Å². The van der Waals surface area contributed by atoms with Crippen LogP contribution in [-0.2, 0) is 29.8 Å². The van der Waals surface area contributed by atoms with E-state index < -0.39 is 11.7 Å². The van der Waals surface area contributed by atoms with Crippen LogP contribution in [0.2, 0.25) is 5.15 Å². The van der Waals surface area contributed by atoms with E-state index in [1.807, 2.05) is 76.0 Å². The lowest BCUT2D eigenvalue weighted by molar-refractivity contribution is 0.0834. The Bertz CT molecular complexity index is 2160. The minimum Gasteiger partial charge on any atom is -0.450 e. The van der Waals surface area contributed by atoms with Crippen LogP contribution in [0.1, 0.15) is 53.5 Å². The maximum absolute atomic E-state index is 11.2. The van der Waals surface area contributed by atoms with Gasteiger partial charge in [0.2, 0.25) is 0 Å². The molecule has 0 amide bonds. The van der Waals surface area contributed by atoms with E-state index in [1.54, 1.807) is 0 Å². The molecule has 1 N–H and O–H groups in total. The van der Waals surface area contributed by atoms with Crippen molar-refractivity contribution >= 4 is 17.8 Å². The van der Waals surface area contributed by atoms with Crippen LogP contribution < -0.4 is 0 Å². The zero-order chi connectivity index (χ0) is 35.9. The van der Waals surface area contributed by atoms with Crippen LogP contribution >= 0.6 is 11.6 Å². The molecule has 10 heteroatoms. The number of hydrogen-bond acceptors (Lipinski definition) is 6. The average Bonchev–Trinajstić information content (AvgIpc) is 3.79. The van der Waals surface area contributed by atoms with Gasteiger partial charge in [0, 0.05) is 18.5 Å². The largest absolute Gasteiger partial charge is 0.506 e. The van der Waals surface area contributed by atoms with Gasteiger partial charge in [-0.1, -0.05) is 164 Å². The molecule has 0 aliphatic carbocycles. The molecule has 0 atom stereocenters. The fourth-order valence-electron chi connectivity index (χ4n) is 6.87. The molecule has 0 spiro atoms. The highest BCUT2D eigenvalue weighted by Gasteiger charge is 2.42. The van der Waals surface area contributed by atoms with Gasteiger partial charge in [-0.25, -0.2) is 14.5 Å². The summed E-state index contributed by atoms with van der Waals surface area (Å²) in [5, 5.41) is 23.1. The van der Waals surface area contributed by atoms with Crippen molar-refractivity contribution in [2.24, 2.45) is 0 Å². The van der Waals surface area contributed by atoms with E-state index in [-0.39, 0.29) is 11.8 Å². The zero-order valence-corrected chi connectivity index (χ0v) is 29.4. The highest BCUT2D eigenvalue weighted by molar-refractivity contribution is 6.30. The molecule has 0 saturated heterocycles. The van der Waals surface area contributed by atoms with Crippen molar-refractivity contribution in [3.63, 3.8) is 0 Å². The first-order valence-electron chi connectivity index (χ1n) is 17.2. The van der Waals surface area contributed by atoms with Gasteiger partial charge in [-0.15, -0.1) is 5.10 Å². The Morgan fingerprint density at radius 1 is 0.769 bits per heavy atom. The number of ether oxygens (including phenoxy) is 1. The van der Waals surface area contributed by atoms with Gasteiger partial charge in [0.05, 0.1) is 5.69 Å². The number of benzene rings is 5. The van der Waals surface area contributed by atoms with Crippen molar-refractivity contribution in [3.8, 4) is 22.5 Å². The molecule has 260 valence electrons. The van der Waals surface area contributed by atoms with Gasteiger partial charge < -0.3 is 14.4 Å². The van der Waals surface area contributed by atoms with Gasteiger partial charge in [-0.3, -0.25) is 0 Å². The predicted molar refractivity (Wildman–Crippen MR) is 201 cm³/mol. The number of halogens is 1. The Balaban J connectivity index is 1.31. The van der Waals surface area contributed by atoms with Crippen LogP contribution in [0, 0.1) is 0 Å². The molecule has 0 aliphatic rings. The first-order chi connectivity index (χ1) is 25.5. The third-order valence-electron chi connectivity index (χ3n) is 9.32. The first-order valence-corrected chi connectivity index (χ1v) is 17.6. The number of tetrazole rings is 1. The van der Waals surface area contributed by atoms with E-state index in [4.69, 9.17) is 26.7 Å². The Kier molecular flexibility index (Phi) is 10.2. The van der Waals surface area contributed by atoms with Gasteiger partial charge in [0.25, 0.3) is 0 Å². The van der Waals surface area contributed by atoms with Gasteiger partial charge in [0.1, 0.15) is 18.0 Å². The standard InChI is InChI=1S/C42H37ClN6O3/c1-2-3-23-38-44-39(43)37(29-52-41(50)51)48(38)28-30-24-26-31(27-25-30)35-21-13-14-22-36(35)40-45-46-47-49(40)42(32-15-7-4-8-16-32,33-17-9-5-10-18-33)34-19-11-6-12-20-34/h4-22,24-27H,2-3,23,28-29H2,1H3,(H,50,51). The number of carbonyl (C=O) groups is 1. The lowest BCUT2D eigenvalue weighted by Crippen LogP contribution is -2.39. The van der Waals surface area contributed by atoms with E-state index in [9.17, 15) is 4.79 Å². The SMILES string of the molecule is CCCCc1nc(Cl)c(COC(=O)O)n1Cc1ccc(-c2ccccc2-c2nnnn2C(c2ccccc2)(c2ccccc2)c2ccccc2)cc1. The number of carboxylic acid groups (broad SMARTS) is 1. The highest BCUT2D eigenvalue weighted by atomic mass is 35.5. The van der Waals surface area contributed by atoms with Crippen molar-refractivity contribution in [3.05, 3.63) is 178 Å². The number of hydrogen-bond donors (Lipinski definition) is 1. The zero-order valence-electron chi connectivity index (χ0n) is 28.6. The molecule has 5 aromatic carbocycles. The summed E-state index contributed by atoms with van der Waals surface area (Å²) in [4.78, 5) is 15.8. The molecule has 0 radical (unpaired) electrons. The summed E-state index contributed by atoms with van der Waals surface area (Å²) in [5.41, 5.74) is 6.56. The van der Waals surface area contributed by atoms with Crippen molar-refractivity contribution in [2.75, 3.05) is 0 Å². The van der Waals surface area contributed by atoms with Crippen molar-refractivity contribution < 1.29 is 14.6 Å². The molecule has 0 unspecified atom stereocenters. The summed E-state index contributed by atoms with van der Waals surface area (Å²) >= 11 is 6.49. The number of aryl methyl sites for hydroxylation is 1. The van der Waals surface area contributed by atoms with Crippen LogP contribution in [0.4, 0.5) is 4.79 Å². The normalized spacial score (nSPS) is 11.4. The van der Waals surface area contributed by atoms with Gasteiger partial charge in [-0.2, -0.15) is 0 Å². The molecule has 2 aromatic heterocycles. The Morgan fingerprint density at radius 3 is 1.88 bits per heavy atom.